The molecule has 0 heterocycles. The molecule has 1 rings (SSSR count). The summed E-state index contributed by atoms with van der Waals surface area (Å²) in [4.78, 5) is 35.9. The fraction of sp³-hybridized carbons (Fsp3) is 0.467. The van der Waals surface area contributed by atoms with E-state index in [1.165, 1.54) is 17.0 Å². The van der Waals surface area contributed by atoms with E-state index >= 15 is 0 Å². The Morgan fingerprint density at radius 1 is 1.23 bits per heavy atom. The highest BCUT2D eigenvalue weighted by molar-refractivity contribution is 5.98. The third-order valence-corrected chi connectivity index (χ3v) is 3.08. The van der Waals surface area contributed by atoms with Crippen LogP contribution < -0.4 is 0 Å². The van der Waals surface area contributed by atoms with Crippen LogP contribution in [0.1, 0.15) is 47.4 Å². The molecule has 0 atom stereocenters. The van der Waals surface area contributed by atoms with Crippen molar-refractivity contribution in [3.05, 3.63) is 39.4 Å². The van der Waals surface area contributed by atoms with E-state index in [2.05, 4.69) is 0 Å². The maximum Gasteiger partial charge on any atom is 0.338 e. The summed E-state index contributed by atoms with van der Waals surface area (Å²) < 4.78 is 4.84. The minimum Gasteiger partial charge on any atom is -0.462 e. The van der Waals surface area contributed by atoms with Gasteiger partial charge in [-0.25, -0.2) is 4.79 Å². The maximum absolute atomic E-state index is 12.3. The van der Waals surface area contributed by atoms with E-state index in [4.69, 9.17) is 4.74 Å². The molecule has 0 saturated heterocycles. The van der Waals surface area contributed by atoms with E-state index in [0.717, 1.165) is 18.9 Å². The lowest BCUT2D eigenvalue weighted by Gasteiger charge is -2.17. The molecule has 0 aromatic heterocycles. The lowest BCUT2D eigenvalue weighted by atomic mass is 10.1. The van der Waals surface area contributed by atoms with Crippen LogP contribution in [-0.4, -0.2) is 41.9 Å². The van der Waals surface area contributed by atoms with Gasteiger partial charge in [0.1, 0.15) is 0 Å². The van der Waals surface area contributed by atoms with Crippen molar-refractivity contribution in [3.63, 3.8) is 0 Å². The molecular weight excluding hydrogens is 288 g/mol. The number of nitro benzene ring substituents is 1. The van der Waals surface area contributed by atoms with Crippen molar-refractivity contribution >= 4 is 17.6 Å². The lowest BCUT2D eigenvalue weighted by Crippen LogP contribution is -2.28. The first-order valence-corrected chi connectivity index (χ1v) is 7.12. The predicted molar refractivity (Wildman–Crippen MR) is 80.9 cm³/mol. The Bertz CT molecular complexity index is 571. The Kier molecular flexibility index (Phi) is 6.49. The Balaban J connectivity index is 3.15. The molecule has 22 heavy (non-hydrogen) atoms. The molecule has 1 aromatic carbocycles. The highest BCUT2D eigenvalue weighted by Crippen LogP contribution is 2.19. The zero-order valence-corrected chi connectivity index (χ0v) is 13.0. The predicted octanol–water partition coefficient (Wildman–Crippen LogP) is 2.64. The van der Waals surface area contributed by atoms with Gasteiger partial charge in [0.2, 0.25) is 0 Å². The monoisotopic (exact) mass is 308 g/mol. The van der Waals surface area contributed by atoms with E-state index in [9.17, 15) is 19.7 Å². The molecule has 1 aromatic rings. The third-order valence-electron chi connectivity index (χ3n) is 3.08. The molecule has 120 valence electrons. The Morgan fingerprint density at radius 2 is 1.86 bits per heavy atom. The number of rotatable bonds is 7. The summed E-state index contributed by atoms with van der Waals surface area (Å²) in [6.07, 6.45) is 1.77. The lowest BCUT2D eigenvalue weighted by molar-refractivity contribution is -0.384. The fourth-order valence-electron chi connectivity index (χ4n) is 1.89. The number of carbonyl (C=O) groups excluding carboxylic acids is 2. The molecule has 0 aliphatic heterocycles. The van der Waals surface area contributed by atoms with Crippen LogP contribution in [0.15, 0.2) is 18.2 Å². The Labute approximate surface area is 129 Å². The van der Waals surface area contributed by atoms with Crippen LogP contribution in [0.5, 0.6) is 0 Å². The Morgan fingerprint density at radius 3 is 2.41 bits per heavy atom. The standard InChI is InChI=1S/C15H20N2O5/c1-4-6-7-16(3)14(18)11-8-12(15(19)22-5-2)10-13(9-11)17(20)21/h8-10H,4-7H2,1-3H3. The number of nitro groups is 1. The minimum atomic E-state index is -0.684. The SMILES string of the molecule is CCCCN(C)C(=O)c1cc(C(=O)OCC)cc([N+](=O)[O-])c1. The minimum absolute atomic E-state index is 0.00305. The number of esters is 1. The van der Waals surface area contributed by atoms with Crippen LogP contribution in [0.3, 0.4) is 0 Å². The quantitative estimate of drug-likeness (QED) is 0.439. The molecule has 0 spiro atoms. The van der Waals surface area contributed by atoms with E-state index in [-0.39, 0.29) is 29.3 Å². The Hall–Kier alpha value is -2.44. The molecule has 7 heteroatoms. The van der Waals surface area contributed by atoms with Gasteiger partial charge in [-0.15, -0.1) is 0 Å². The highest BCUT2D eigenvalue weighted by Gasteiger charge is 2.20. The summed E-state index contributed by atoms with van der Waals surface area (Å²) in [5.41, 5.74) is -0.197. The first-order valence-electron chi connectivity index (χ1n) is 7.12. The largest absolute Gasteiger partial charge is 0.462 e. The van der Waals surface area contributed by atoms with Crippen molar-refractivity contribution < 1.29 is 19.2 Å². The van der Waals surface area contributed by atoms with E-state index < -0.39 is 10.9 Å². The number of carbonyl (C=O) groups is 2. The molecule has 0 aliphatic rings. The number of amides is 1. The molecule has 0 N–H and O–H groups in total. The average molecular weight is 308 g/mol. The second-order valence-electron chi connectivity index (χ2n) is 4.83. The van der Waals surface area contributed by atoms with Crippen molar-refractivity contribution in [2.45, 2.75) is 26.7 Å². The van der Waals surface area contributed by atoms with Crippen LogP contribution in [0, 0.1) is 10.1 Å². The van der Waals surface area contributed by atoms with Gasteiger partial charge in [0.15, 0.2) is 0 Å². The second kappa shape index (κ2) is 8.11. The summed E-state index contributed by atoms with van der Waals surface area (Å²) in [6, 6.07) is 3.62. The average Bonchev–Trinajstić information content (AvgIpc) is 2.51. The van der Waals surface area contributed by atoms with Gasteiger partial charge in [-0.05, 0) is 19.4 Å². The molecule has 1 amide bonds. The zero-order chi connectivity index (χ0) is 16.7. The summed E-state index contributed by atoms with van der Waals surface area (Å²) in [7, 11) is 1.63. The van der Waals surface area contributed by atoms with Crippen LogP contribution in [0.4, 0.5) is 5.69 Å². The van der Waals surface area contributed by atoms with Crippen LogP contribution in [0.25, 0.3) is 0 Å². The number of ether oxygens (including phenoxy) is 1. The summed E-state index contributed by atoms with van der Waals surface area (Å²) >= 11 is 0. The number of unbranched alkanes of at least 4 members (excludes halogenated alkanes) is 1. The number of hydrogen-bond donors (Lipinski definition) is 0. The molecule has 0 aliphatic carbocycles. The summed E-state index contributed by atoms with van der Waals surface area (Å²) in [5, 5.41) is 11.0. The van der Waals surface area contributed by atoms with E-state index in [1.54, 1.807) is 14.0 Å². The van der Waals surface area contributed by atoms with Gasteiger partial charge in [0.05, 0.1) is 17.1 Å². The number of hydrogen-bond acceptors (Lipinski definition) is 5. The van der Waals surface area contributed by atoms with Crippen LogP contribution >= 0.6 is 0 Å². The normalized spacial score (nSPS) is 10.1. The first kappa shape index (κ1) is 17.6. The van der Waals surface area contributed by atoms with Crippen molar-refractivity contribution in [2.24, 2.45) is 0 Å². The molecule has 0 saturated carbocycles. The number of benzene rings is 1. The summed E-state index contributed by atoms with van der Waals surface area (Å²) in [6.45, 7) is 4.35. The van der Waals surface area contributed by atoms with Gasteiger partial charge in [-0.1, -0.05) is 13.3 Å². The first-order chi connectivity index (χ1) is 10.4. The van der Waals surface area contributed by atoms with Gasteiger partial charge in [-0.3, -0.25) is 14.9 Å². The molecule has 0 bridgehead atoms. The van der Waals surface area contributed by atoms with Crippen molar-refractivity contribution in [1.29, 1.82) is 0 Å². The van der Waals surface area contributed by atoms with Gasteiger partial charge >= 0.3 is 5.97 Å². The van der Waals surface area contributed by atoms with Crippen LogP contribution in [-0.2, 0) is 4.74 Å². The molecular formula is C15H20N2O5. The van der Waals surface area contributed by atoms with E-state index in [1.807, 2.05) is 6.92 Å². The van der Waals surface area contributed by atoms with E-state index in [0.29, 0.717) is 6.54 Å². The van der Waals surface area contributed by atoms with Crippen LogP contribution in [0.2, 0.25) is 0 Å². The molecule has 0 unspecified atom stereocenters. The molecule has 0 radical (unpaired) electrons. The summed E-state index contributed by atoms with van der Waals surface area (Å²) in [5.74, 6) is -1.04. The van der Waals surface area contributed by atoms with Crippen molar-refractivity contribution in [2.75, 3.05) is 20.2 Å². The third kappa shape index (κ3) is 4.54. The smallest absolute Gasteiger partial charge is 0.338 e. The van der Waals surface area contributed by atoms with Gasteiger partial charge in [0, 0.05) is 31.3 Å². The van der Waals surface area contributed by atoms with Crippen molar-refractivity contribution in [1.82, 2.24) is 4.90 Å². The number of nitrogens with zero attached hydrogens (tertiary/aromatic N) is 2. The molecule has 7 nitrogen and oxygen atoms in total. The fourth-order valence-corrected chi connectivity index (χ4v) is 1.89. The maximum atomic E-state index is 12.3. The van der Waals surface area contributed by atoms with Gasteiger partial charge in [-0.2, -0.15) is 0 Å². The molecule has 0 fully saturated rings. The topological polar surface area (TPSA) is 89.8 Å². The number of non-ortho nitro benzene ring substituents is 1. The van der Waals surface area contributed by atoms with Gasteiger partial charge < -0.3 is 9.64 Å². The zero-order valence-electron chi connectivity index (χ0n) is 13.0. The highest BCUT2D eigenvalue weighted by atomic mass is 16.6. The van der Waals surface area contributed by atoms with Gasteiger partial charge in [0.25, 0.3) is 11.6 Å². The second-order valence-corrected chi connectivity index (χ2v) is 4.83. The van der Waals surface area contributed by atoms with Crippen molar-refractivity contribution in [3.8, 4) is 0 Å².